The van der Waals surface area contributed by atoms with Crippen molar-refractivity contribution < 1.29 is 25.9 Å². The van der Waals surface area contributed by atoms with E-state index in [0.29, 0.717) is 11.5 Å². The highest BCUT2D eigenvalue weighted by Crippen LogP contribution is 2.23. The van der Waals surface area contributed by atoms with Crippen molar-refractivity contribution >= 4 is 41.8 Å². The van der Waals surface area contributed by atoms with Crippen molar-refractivity contribution in [3.8, 4) is 0 Å². The first kappa shape index (κ1) is 20.4. The van der Waals surface area contributed by atoms with E-state index in [1.807, 2.05) is 0 Å². The zero-order valence-corrected chi connectivity index (χ0v) is 14.0. The molecule has 0 radical (unpaired) electrons. The Kier molecular flexibility index (Phi) is 9.66. The fourth-order valence-corrected chi connectivity index (χ4v) is 4.74. The van der Waals surface area contributed by atoms with Gasteiger partial charge in [-0.15, -0.1) is 0 Å². The highest BCUT2D eigenvalue weighted by Gasteiger charge is 2.12. The fraction of sp³-hybridized carbons (Fsp3) is 1.00. The lowest BCUT2D eigenvalue weighted by molar-refractivity contribution is 0.476. The van der Waals surface area contributed by atoms with Gasteiger partial charge in [-0.25, -0.2) is 0 Å². The Morgan fingerprint density at radius 3 is 1.35 bits per heavy atom. The molecule has 0 amide bonds. The largest absolute Gasteiger partial charge is 0.327 e. The van der Waals surface area contributed by atoms with Crippen LogP contribution >= 0.6 is 21.6 Å². The van der Waals surface area contributed by atoms with Crippen molar-refractivity contribution in [2.45, 2.75) is 24.9 Å². The molecule has 122 valence electrons. The lowest BCUT2D eigenvalue weighted by atomic mass is 10.3. The van der Waals surface area contributed by atoms with Gasteiger partial charge in [0.2, 0.25) is 0 Å². The molecule has 2 atom stereocenters. The molecule has 0 aliphatic carbocycles. The van der Waals surface area contributed by atoms with Crippen LogP contribution in [0.4, 0.5) is 0 Å². The molecule has 0 aromatic heterocycles. The molecule has 0 saturated carbocycles. The van der Waals surface area contributed by atoms with Crippen molar-refractivity contribution in [3.05, 3.63) is 0 Å². The Bertz CT molecular complexity index is 421. The zero-order chi connectivity index (χ0) is 15.8. The quantitative estimate of drug-likeness (QED) is 0.214. The molecule has 0 aromatic rings. The SMILES string of the molecule is NC(CCS(=O)(=O)O)CSSC[C@@H](N)CCS(=O)(=O)O. The lowest BCUT2D eigenvalue weighted by Gasteiger charge is -2.12. The molecule has 8 nitrogen and oxygen atoms in total. The second-order valence-electron chi connectivity index (χ2n) is 4.24. The van der Waals surface area contributed by atoms with Gasteiger partial charge in [0, 0.05) is 23.6 Å². The van der Waals surface area contributed by atoms with Gasteiger partial charge in [0.25, 0.3) is 20.2 Å². The van der Waals surface area contributed by atoms with Crippen LogP contribution in [0.25, 0.3) is 0 Å². The summed E-state index contributed by atoms with van der Waals surface area (Å²) in [6.45, 7) is 0. The predicted molar refractivity (Wildman–Crippen MR) is 82.9 cm³/mol. The first-order valence-electron chi connectivity index (χ1n) is 5.65. The van der Waals surface area contributed by atoms with E-state index < -0.39 is 20.2 Å². The Labute approximate surface area is 127 Å². The average Bonchev–Trinajstić information content (AvgIpc) is 2.27. The van der Waals surface area contributed by atoms with Gasteiger partial charge in [-0.1, -0.05) is 21.6 Å². The summed E-state index contributed by atoms with van der Waals surface area (Å²) in [7, 11) is -5.17. The summed E-state index contributed by atoms with van der Waals surface area (Å²) >= 11 is 0. The van der Waals surface area contributed by atoms with Gasteiger partial charge in [-0.3, -0.25) is 9.11 Å². The van der Waals surface area contributed by atoms with Gasteiger partial charge in [0.15, 0.2) is 0 Å². The molecule has 0 heterocycles. The maximum Gasteiger partial charge on any atom is 0.264 e. The van der Waals surface area contributed by atoms with Crippen molar-refractivity contribution in [3.63, 3.8) is 0 Å². The van der Waals surface area contributed by atoms with Crippen molar-refractivity contribution in [1.82, 2.24) is 0 Å². The molecule has 0 aliphatic heterocycles. The third kappa shape index (κ3) is 14.8. The molecular weight excluding hydrogens is 348 g/mol. The van der Waals surface area contributed by atoms with Crippen LogP contribution in [-0.4, -0.2) is 61.0 Å². The molecule has 0 fully saturated rings. The summed E-state index contributed by atoms with van der Waals surface area (Å²) in [6.07, 6.45) is 0.336. The standard InChI is InChI=1S/C8H20N2O6S4/c9-7(1-3-19(11,12)13)5-17-18-6-8(10)2-4-20(14,15)16/h7-8H,1-6,9-10H2,(H,11,12,13)(H,14,15,16)/t7-,8?/m0/s1. The number of hydrogen-bond acceptors (Lipinski definition) is 8. The average molecular weight is 369 g/mol. The Hall–Kier alpha value is 0.440. The Morgan fingerprint density at radius 1 is 0.800 bits per heavy atom. The van der Waals surface area contributed by atoms with Crippen LogP contribution in [0.15, 0.2) is 0 Å². The third-order valence-corrected chi connectivity index (χ3v) is 6.26. The summed E-state index contributed by atoms with van der Waals surface area (Å²) < 4.78 is 59.1. The summed E-state index contributed by atoms with van der Waals surface area (Å²) in [4.78, 5) is 0. The van der Waals surface area contributed by atoms with E-state index in [0.717, 1.165) is 0 Å². The minimum Gasteiger partial charge on any atom is -0.327 e. The molecule has 1 unspecified atom stereocenters. The number of nitrogens with two attached hydrogens (primary N) is 2. The van der Waals surface area contributed by atoms with Crippen molar-refractivity contribution in [1.29, 1.82) is 0 Å². The van der Waals surface area contributed by atoms with E-state index in [-0.39, 0.29) is 36.4 Å². The highest BCUT2D eigenvalue weighted by atomic mass is 33.1. The van der Waals surface area contributed by atoms with Crippen LogP contribution in [-0.2, 0) is 20.2 Å². The maximum absolute atomic E-state index is 10.5. The van der Waals surface area contributed by atoms with Gasteiger partial charge >= 0.3 is 0 Å². The van der Waals surface area contributed by atoms with E-state index in [2.05, 4.69) is 0 Å². The summed E-state index contributed by atoms with van der Waals surface area (Å²) in [5.41, 5.74) is 11.3. The first-order valence-corrected chi connectivity index (χ1v) is 11.4. The van der Waals surface area contributed by atoms with E-state index >= 15 is 0 Å². The topological polar surface area (TPSA) is 161 Å². The first-order chi connectivity index (χ1) is 8.99. The predicted octanol–water partition coefficient (Wildman–Crippen LogP) is -0.422. The minimum atomic E-state index is -3.98. The van der Waals surface area contributed by atoms with Crippen LogP contribution in [0, 0.1) is 0 Å². The van der Waals surface area contributed by atoms with Crippen LogP contribution in [0.3, 0.4) is 0 Å². The van der Waals surface area contributed by atoms with E-state index in [1.165, 1.54) is 21.6 Å². The smallest absolute Gasteiger partial charge is 0.264 e. The second-order valence-corrected chi connectivity index (χ2v) is 9.94. The van der Waals surface area contributed by atoms with Crippen LogP contribution in [0.2, 0.25) is 0 Å². The van der Waals surface area contributed by atoms with E-state index in [9.17, 15) is 16.8 Å². The van der Waals surface area contributed by atoms with E-state index in [1.54, 1.807) is 0 Å². The van der Waals surface area contributed by atoms with Gasteiger partial charge < -0.3 is 11.5 Å². The van der Waals surface area contributed by atoms with Gasteiger partial charge in [0.1, 0.15) is 0 Å². The lowest BCUT2D eigenvalue weighted by Crippen LogP contribution is -2.27. The van der Waals surface area contributed by atoms with Crippen LogP contribution in [0.5, 0.6) is 0 Å². The second kappa shape index (κ2) is 9.46. The summed E-state index contributed by atoms with van der Waals surface area (Å²) in [5.74, 6) is 0.247. The molecule has 0 bridgehead atoms. The van der Waals surface area contributed by atoms with E-state index in [4.69, 9.17) is 20.6 Å². The molecular formula is C8H20N2O6S4. The Morgan fingerprint density at radius 2 is 1.10 bits per heavy atom. The van der Waals surface area contributed by atoms with Crippen LogP contribution < -0.4 is 11.5 Å². The molecule has 6 N–H and O–H groups in total. The Balaban J connectivity index is 3.65. The fourth-order valence-electron chi connectivity index (χ4n) is 1.04. The van der Waals surface area contributed by atoms with Gasteiger partial charge in [-0.05, 0) is 12.8 Å². The zero-order valence-electron chi connectivity index (χ0n) is 10.7. The monoisotopic (exact) mass is 368 g/mol. The van der Waals surface area contributed by atoms with Gasteiger partial charge in [-0.2, -0.15) is 16.8 Å². The normalized spacial score (nSPS) is 16.0. The molecule has 0 saturated heterocycles. The van der Waals surface area contributed by atoms with Gasteiger partial charge in [0.05, 0.1) is 11.5 Å². The maximum atomic E-state index is 10.5. The molecule has 0 aliphatic rings. The minimum absolute atomic E-state index is 0.168. The van der Waals surface area contributed by atoms with Crippen molar-refractivity contribution in [2.75, 3.05) is 23.0 Å². The molecule has 0 aromatic carbocycles. The third-order valence-electron chi connectivity index (χ3n) is 2.14. The van der Waals surface area contributed by atoms with Crippen molar-refractivity contribution in [2.24, 2.45) is 11.5 Å². The van der Waals surface area contributed by atoms with Crippen LogP contribution in [0.1, 0.15) is 12.8 Å². The molecule has 0 spiro atoms. The summed E-state index contributed by atoms with van der Waals surface area (Å²) in [5, 5.41) is 0. The molecule has 12 heteroatoms. The number of rotatable bonds is 11. The number of hydrogen-bond donors (Lipinski definition) is 4. The molecule has 0 rings (SSSR count). The highest BCUT2D eigenvalue weighted by molar-refractivity contribution is 8.76. The summed E-state index contributed by atoms with van der Waals surface area (Å²) in [6, 6.07) is -0.716. The molecule has 20 heavy (non-hydrogen) atoms.